The third kappa shape index (κ3) is 0.839. The molecule has 2 rings (SSSR count). The molecule has 0 aromatic carbocycles. The lowest BCUT2D eigenvalue weighted by atomic mass is 10.0. The van der Waals surface area contributed by atoms with Crippen molar-refractivity contribution in [1.82, 2.24) is 0 Å². The molecule has 0 atom stereocenters. The van der Waals surface area contributed by atoms with E-state index in [-0.39, 0.29) is 0 Å². The first-order chi connectivity index (χ1) is 5.33. The van der Waals surface area contributed by atoms with Gasteiger partial charge in [0.15, 0.2) is 0 Å². The number of hydrogen-bond acceptors (Lipinski definition) is 1. The van der Waals surface area contributed by atoms with E-state index in [1.807, 2.05) is 6.92 Å². The van der Waals surface area contributed by atoms with Gasteiger partial charge < -0.3 is 4.74 Å². The van der Waals surface area contributed by atoms with Crippen LogP contribution in [-0.4, -0.2) is 6.61 Å². The summed E-state index contributed by atoms with van der Waals surface area (Å²) in [6.45, 7) is 5.01. The van der Waals surface area contributed by atoms with Crippen molar-refractivity contribution < 1.29 is 4.74 Å². The van der Waals surface area contributed by atoms with Crippen LogP contribution in [0.1, 0.15) is 20.3 Å². The van der Waals surface area contributed by atoms with E-state index in [0.717, 1.165) is 18.8 Å². The summed E-state index contributed by atoms with van der Waals surface area (Å²) in [5, 5.41) is 0. The van der Waals surface area contributed by atoms with Crippen molar-refractivity contribution >= 4 is 0 Å². The Hall–Kier alpha value is -0.980. The summed E-state index contributed by atoms with van der Waals surface area (Å²) in [6, 6.07) is 0. The molecule has 0 unspecified atom stereocenters. The molecule has 1 aliphatic heterocycles. The molecule has 58 valence electrons. The summed E-state index contributed by atoms with van der Waals surface area (Å²) in [6.07, 6.45) is 5.48. The monoisotopic (exact) mass is 148 g/mol. The van der Waals surface area contributed by atoms with E-state index in [1.165, 1.54) is 16.7 Å². The zero-order valence-electron chi connectivity index (χ0n) is 6.98. The maximum absolute atomic E-state index is 5.42. The number of allylic oxidation sites excluding steroid dienone is 4. The normalized spacial score (nSPS) is 21.3. The fraction of sp³-hybridized carbons (Fsp3) is 0.400. The quantitative estimate of drug-likeness (QED) is 0.555. The molecule has 0 amide bonds. The topological polar surface area (TPSA) is 9.23 Å². The molecule has 0 spiro atoms. The molecule has 1 aliphatic carbocycles. The second kappa shape index (κ2) is 2.26. The maximum atomic E-state index is 5.42. The zero-order chi connectivity index (χ0) is 7.84. The molecule has 0 aromatic rings. The van der Waals surface area contributed by atoms with Crippen molar-refractivity contribution in [3.05, 3.63) is 34.6 Å². The summed E-state index contributed by atoms with van der Waals surface area (Å²) in [5.41, 5.74) is 4.15. The second-order valence-corrected chi connectivity index (χ2v) is 2.96. The van der Waals surface area contributed by atoms with Gasteiger partial charge in [-0.1, -0.05) is 19.1 Å². The molecule has 0 fully saturated rings. The van der Waals surface area contributed by atoms with Crippen LogP contribution in [0.25, 0.3) is 0 Å². The highest BCUT2D eigenvalue weighted by Crippen LogP contribution is 2.36. The number of rotatable bonds is 1. The predicted octanol–water partition coefficient (Wildman–Crippen LogP) is 2.57. The lowest BCUT2D eigenvalue weighted by molar-refractivity contribution is 0.263. The van der Waals surface area contributed by atoms with Gasteiger partial charge in [-0.3, -0.25) is 0 Å². The van der Waals surface area contributed by atoms with E-state index in [0.29, 0.717) is 0 Å². The molecule has 1 nitrogen and oxygen atoms in total. The summed E-state index contributed by atoms with van der Waals surface area (Å²) in [4.78, 5) is 0. The SMILES string of the molecule is CCC1=CC=C2COC(C)=C12. The standard InChI is InChI=1S/C10H12O/c1-3-8-4-5-9-6-11-7(2)10(8)9/h4-5H,3,6H2,1-2H3. The van der Waals surface area contributed by atoms with Crippen LogP contribution < -0.4 is 0 Å². The van der Waals surface area contributed by atoms with Crippen LogP contribution in [0, 0.1) is 0 Å². The van der Waals surface area contributed by atoms with Gasteiger partial charge in [0.2, 0.25) is 0 Å². The minimum absolute atomic E-state index is 0.779. The molecule has 2 aliphatic rings. The first kappa shape index (κ1) is 6.71. The van der Waals surface area contributed by atoms with Crippen molar-refractivity contribution in [2.45, 2.75) is 20.3 Å². The minimum atomic E-state index is 0.779. The van der Waals surface area contributed by atoms with Crippen molar-refractivity contribution in [3.63, 3.8) is 0 Å². The molecule has 0 saturated heterocycles. The Kier molecular flexibility index (Phi) is 1.38. The highest BCUT2D eigenvalue weighted by molar-refractivity contribution is 5.58. The van der Waals surface area contributed by atoms with E-state index < -0.39 is 0 Å². The van der Waals surface area contributed by atoms with Gasteiger partial charge in [0.1, 0.15) is 12.4 Å². The summed E-state index contributed by atoms with van der Waals surface area (Å²) >= 11 is 0. The molecule has 11 heavy (non-hydrogen) atoms. The summed E-state index contributed by atoms with van der Waals surface area (Å²) < 4.78 is 5.42. The highest BCUT2D eigenvalue weighted by atomic mass is 16.5. The van der Waals surface area contributed by atoms with E-state index in [1.54, 1.807) is 0 Å². The number of hydrogen-bond donors (Lipinski definition) is 0. The van der Waals surface area contributed by atoms with Crippen molar-refractivity contribution in [3.8, 4) is 0 Å². The van der Waals surface area contributed by atoms with Crippen molar-refractivity contribution in [2.24, 2.45) is 0 Å². The van der Waals surface area contributed by atoms with Gasteiger partial charge in [-0.25, -0.2) is 0 Å². The van der Waals surface area contributed by atoms with Gasteiger partial charge in [0, 0.05) is 11.1 Å². The lowest BCUT2D eigenvalue weighted by Gasteiger charge is -2.00. The molecule has 1 heteroatoms. The molecular formula is C10H12O. The van der Waals surface area contributed by atoms with Crippen LogP contribution >= 0.6 is 0 Å². The minimum Gasteiger partial charge on any atom is -0.493 e. The van der Waals surface area contributed by atoms with E-state index in [4.69, 9.17) is 4.74 Å². The van der Waals surface area contributed by atoms with Gasteiger partial charge in [-0.2, -0.15) is 0 Å². The Morgan fingerprint density at radius 3 is 3.00 bits per heavy atom. The fourth-order valence-electron chi connectivity index (χ4n) is 1.70. The molecule has 0 bridgehead atoms. The smallest absolute Gasteiger partial charge is 0.114 e. The second-order valence-electron chi connectivity index (χ2n) is 2.96. The summed E-state index contributed by atoms with van der Waals surface area (Å²) in [5.74, 6) is 1.10. The number of ether oxygens (including phenoxy) is 1. The van der Waals surface area contributed by atoms with Crippen LogP contribution in [0.5, 0.6) is 0 Å². The Bertz CT molecular complexity index is 279. The van der Waals surface area contributed by atoms with Crippen molar-refractivity contribution in [2.75, 3.05) is 6.61 Å². The average molecular weight is 148 g/mol. The van der Waals surface area contributed by atoms with Crippen LogP contribution in [0.3, 0.4) is 0 Å². The molecule has 0 N–H and O–H groups in total. The van der Waals surface area contributed by atoms with Gasteiger partial charge in [-0.15, -0.1) is 0 Å². The van der Waals surface area contributed by atoms with Gasteiger partial charge in [-0.05, 0) is 18.9 Å². The molecule has 0 aromatic heterocycles. The Morgan fingerprint density at radius 2 is 2.27 bits per heavy atom. The van der Waals surface area contributed by atoms with Crippen LogP contribution in [0.2, 0.25) is 0 Å². The van der Waals surface area contributed by atoms with E-state index in [9.17, 15) is 0 Å². The average Bonchev–Trinajstić information content (AvgIpc) is 2.54. The van der Waals surface area contributed by atoms with Crippen LogP contribution in [0.15, 0.2) is 34.6 Å². The first-order valence-electron chi connectivity index (χ1n) is 4.07. The fourth-order valence-corrected chi connectivity index (χ4v) is 1.70. The van der Waals surface area contributed by atoms with Gasteiger partial charge >= 0.3 is 0 Å². The Balaban J connectivity index is 2.42. The third-order valence-electron chi connectivity index (χ3n) is 2.31. The molecular weight excluding hydrogens is 136 g/mol. The first-order valence-corrected chi connectivity index (χ1v) is 4.07. The lowest BCUT2D eigenvalue weighted by Crippen LogP contribution is -1.85. The van der Waals surface area contributed by atoms with Crippen LogP contribution in [-0.2, 0) is 4.74 Å². The predicted molar refractivity (Wildman–Crippen MR) is 45.1 cm³/mol. The summed E-state index contributed by atoms with van der Waals surface area (Å²) in [7, 11) is 0. The largest absolute Gasteiger partial charge is 0.493 e. The van der Waals surface area contributed by atoms with Crippen LogP contribution in [0.4, 0.5) is 0 Å². The van der Waals surface area contributed by atoms with E-state index >= 15 is 0 Å². The maximum Gasteiger partial charge on any atom is 0.114 e. The van der Waals surface area contributed by atoms with Gasteiger partial charge in [0.25, 0.3) is 0 Å². The Labute approximate surface area is 67.1 Å². The number of fused-ring (bicyclic) bond motifs is 1. The Morgan fingerprint density at radius 1 is 1.45 bits per heavy atom. The molecule has 0 radical (unpaired) electrons. The molecule has 0 saturated carbocycles. The zero-order valence-corrected chi connectivity index (χ0v) is 6.98. The van der Waals surface area contributed by atoms with E-state index in [2.05, 4.69) is 19.1 Å². The third-order valence-corrected chi connectivity index (χ3v) is 2.31. The highest BCUT2D eigenvalue weighted by Gasteiger charge is 2.23. The van der Waals surface area contributed by atoms with Crippen molar-refractivity contribution in [1.29, 1.82) is 0 Å². The van der Waals surface area contributed by atoms with Gasteiger partial charge in [0.05, 0.1) is 0 Å². The molecule has 1 heterocycles.